The van der Waals surface area contributed by atoms with Crippen molar-refractivity contribution in [2.24, 2.45) is 5.73 Å². The van der Waals surface area contributed by atoms with Crippen LogP contribution in [0.3, 0.4) is 0 Å². The van der Waals surface area contributed by atoms with Gasteiger partial charge in [-0.05, 0) is 13.8 Å². The number of rotatable bonds is 5. The van der Waals surface area contributed by atoms with Crippen LogP contribution in [0.1, 0.15) is 18.2 Å². The zero-order valence-corrected chi connectivity index (χ0v) is 12.4. The average Bonchev–Trinajstić information content (AvgIpc) is 2.78. The first-order chi connectivity index (χ1) is 8.65. The van der Waals surface area contributed by atoms with Crippen LogP contribution in [-0.2, 0) is 5.75 Å². The van der Waals surface area contributed by atoms with Gasteiger partial charge in [-0.25, -0.2) is 4.98 Å². The van der Waals surface area contributed by atoms with Gasteiger partial charge < -0.3 is 5.73 Å². The lowest BCUT2D eigenvalue weighted by Gasteiger charge is -2.02. The van der Waals surface area contributed by atoms with Crippen molar-refractivity contribution in [2.45, 2.75) is 25.6 Å². The number of benzene rings is 1. The molecule has 2 rings (SSSR count). The fraction of sp³-hybridized carbons (Fsp3) is 0.357. The van der Waals surface area contributed by atoms with Gasteiger partial charge in [-0.3, -0.25) is 0 Å². The summed E-state index contributed by atoms with van der Waals surface area (Å²) in [6, 6.07) is 8.77. The molecule has 1 heterocycles. The number of nitrogens with zero attached hydrogens (tertiary/aromatic N) is 1. The normalized spacial score (nSPS) is 12.6. The maximum Gasteiger partial charge on any atom is 0.123 e. The van der Waals surface area contributed by atoms with Crippen LogP contribution in [0.2, 0.25) is 0 Å². The molecule has 0 aliphatic heterocycles. The molecule has 1 aromatic heterocycles. The van der Waals surface area contributed by atoms with Crippen molar-refractivity contribution < 1.29 is 0 Å². The third kappa shape index (κ3) is 3.83. The summed E-state index contributed by atoms with van der Waals surface area (Å²) in [5.41, 5.74) is 9.37. The fourth-order valence-corrected chi connectivity index (χ4v) is 3.33. The summed E-state index contributed by atoms with van der Waals surface area (Å²) in [5, 5.41) is 3.25. The third-order valence-electron chi connectivity index (χ3n) is 2.48. The van der Waals surface area contributed by atoms with E-state index >= 15 is 0 Å². The minimum atomic E-state index is 0.255. The van der Waals surface area contributed by atoms with E-state index in [1.54, 1.807) is 11.3 Å². The van der Waals surface area contributed by atoms with Crippen LogP contribution in [0.5, 0.6) is 0 Å². The summed E-state index contributed by atoms with van der Waals surface area (Å²) in [6.07, 6.45) is 0. The standard InChI is InChI=1S/C14H18N2S2/c1-10-3-5-12(6-4-10)14-16-13(9-18-14)8-17-7-11(2)15/h3-6,9,11H,7-8,15H2,1-2H3. The van der Waals surface area contributed by atoms with Crippen molar-refractivity contribution in [3.63, 3.8) is 0 Å². The highest BCUT2D eigenvalue weighted by atomic mass is 32.2. The van der Waals surface area contributed by atoms with E-state index in [0.29, 0.717) is 0 Å². The molecule has 0 fully saturated rings. The second kappa shape index (κ2) is 6.36. The van der Waals surface area contributed by atoms with Gasteiger partial charge in [0.25, 0.3) is 0 Å². The number of thiazole rings is 1. The predicted molar refractivity (Wildman–Crippen MR) is 82.1 cm³/mol. The molecule has 0 bridgehead atoms. The quantitative estimate of drug-likeness (QED) is 0.906. The van der Waals surface area contributed by atoms with Crippen LogP contribution >= 0.6 is 23.1 Å². The van der Waals surface area contributed by atoms with Gasteiger partial charge in [0.05, 0.1) is 5.69 Å². The van der Waals surface area contributed by atoms with Crippen LogP contribution in [0, 0.1) is 6.92 Å². The molecule has 1 aromatic carbocycles. The maximum atomic E-state index is 5.73. The van der Waals surface area contributed by atoms with E-state index in [2.05, 4.69) is 41.6 Å². The molecule has 0 saturated carbocycles. The van der Waals surface area contributed by atoms with Crippen molar-refractivity contribution >= 4 is 23.1 Å². The molecular weight excluding hydrogens is 260 g/mol. The Bertz CT molecular complexity index is 489. The molecule has 1 atom stereocenters. The first-order valence-corrected chi connectivity index (χ1v) is 8.03. The highest BCUT2D eigenvalue weighted by molar-refractivity contribution is 7.98. The van der Waals surface area contributed by atoms with E-state index in [1.807, 2.05) is 18.7 Å². The number of hydrogen-bond acceptors (Lipinski definition) is 4. The lowest BCUT2D eigenvalue weighted by Crippen LogP contribution is -2.17. The molecule has 4 heteroatoms. The predicted octanol–water partition coefficient (Wildman–Crippen LogP) is 3.70. The summed E-state index contributed by atoms with van der Waals surface area (Å²) >= 11 is 3.56. The molecule has 2 aromatic rings. The minimum Gasteiger partial charge on any atom is -0.327 e. The Morgan fingerprint density at radius 3 is 2.72 bits per heavy atom. The molecule has 0 saturated heterocycles. The SMILES string of the molecule is Cc1ccc(-c2nc(CSCC(C)N)cs2)cc1. The van der Waals surface area contributed by atoms with Crippen molar-refractivity contribution in [3.8, 4) is 10.6 Å². The van der Waals surface area contributed by atoms with Crippen LogP contribution in [0.15, 0.2) is 29.6 Å². The number of nitrogens with two attached hydrogens (primary N) is 1. The Kier molecular flexibility index (Phi) is 4.80. The topological polar surface area (TPSA) is 38.9 Å². The van der Waals surface area contributed by atoms with Crippen LogP contribution in [0.25, 0.3) is 10.6 Å². The molecule has 96 valence electrons. The molecule has 0 spiro atoms. The van der Waals surface area contributed by atoms with Gasteiger partial charge in [0.1, 0.15) is 5.01 Å². The number of aryl methyl sites for hydroxylation is 1. The molecule has 0 amide bonds. The Hall–Kier alpha value is -0.840. The third-order valence-corrected chi connectivity index (χ3v) is 4.68. The second-order valence-corrected chi connectivity index (χ2v) is 6.39. The van der Waals surface area contributed by atoms with E-state index in [9.17, 15) is 0 Å². The number of thioether (sulfide) groups is 1. The lowest BCUT2D eigenvalue weighted by atomic mass is 10.2. The maximum absolute atomic E-state index is 5.73. The van der Waals surface area contributed by atoms with Crippen LogP contribution < -0.4 is 5.73 Å². The molecule has 1 unspecified atom stereocenters. The van der Waals surface area contributed by atoms with Crippen molar-refractivity contribution in [1.82, 2.24) is 4.98 Å². The van der Waals surface area contributed by atoms with Gasteiger partial charge in [-0.1, -0.05) is 29.8 Å². The van der Waals surface area contributed by atoms with Crippen molar-refractivity contribution in [3.05, 3.63) is 40.9 Å². The average molecular weight is 278 g/mol. The zero-order valence-electron chi connectivity index (χ0n) is 10.7. The molecule has 0 radical (unpaired) electrons. The Morgan fingerprint density at radius 1 is 1.33 bits per heavy atom. The molecule has 2 N–H and O–H groups in total. The zero-order chi connectivity index (χ0) is 13.0. The monoisotopic (exact) mass is 278 g/mol. The van der Waals surface area contributed by atoms with Gasteiger partial charge in [0.15, 0.2) is 0 Å². The van der Waals surface area contributed by atoms with Gasteiger partial charge >= 0.3 is 0 Å². The largest absolute Gasteiger partial charge is 0.327 e. The minimum absolute atomic E-state index is 0.255. The first-order valence-electron chi connectivity index (χ1n) is 6.00. The van der Waals surface area contributed by atoms with E-state index in [4.69, 9.17) is 5.73 Å². The summed E-state index contributed by atoms with van der Waals surface area (Å²) in [4.78, 5) is 4.66. The summed E-state index contributed by atoms with van der Waals surface area (Å²) in [5.74, 6) is 1.93. The molecule has 0 aliphatic rings. The van der Waals surface area contributed by atoms with Crippen molar-refractivity contribution in [2.75, 3.05) is 5.75 Å². The Balaban J connectivity index is 1.99. The smallest absolute Gasteiger partial charge is 0.123 e. The molecule has 18 heavy (non-hydrogen) atoms. The fourth-order valence-electron chi connectivity index (χ4n) is 1.55. The number of hydrogen-bond donors (Lipinski definition) is 1. The first kappa shape index (κ1) is 13.6. The summed E-state index contributed by atoms with van der Waals surface area (Å²) in [6.45, 7) is 4.13. The van der Waals surface area contributed by atoms with Gasteiger partial charge in [-0.15, -0.1) is 11.3 Å². The van der Waals surface area contributed by atoms with Crippen molar-refractivity contribution in [1.29, 1.82) is 0 Å². The highest BCUT2D eigenvalue weighted by Crippen LogP contribution is 2.25. The highest BCUT2D eigenvalue weighted by Gasteiger charge is 2.05. The second-order valence-electron chi connectivity index (χ2n) is 4.50. The molecule has 0 aliphatic carbocycles. The Morgan fingerprint density at radius 2 is 2.06 bits per heavy atom. The van der Waals surface area contributed by atoms with Gasteiger partial charge in [-0.2, -0.15) is 11.8 Å². The lowest BCUT2D eigenvalue weighted by molar-refractivity contribution is 0.847. The van der Waals surface area contributed by atoms with Gasteiger partial charge in [0, 0.05) is 28.5 Å². The van der Waals surface area contributed by atoms with Crippen LogP contribution in [-0.4, -0.2) is 16.8 Å². The van der Waals surface area contributed by atoms with E-state index in [0.717, 1.165) is 22.2 Å². The van der Waals surface area contributed by atoms with Crippen LogP contribution in [0.4, 0.5) is 0 Å². The molecular formula is C14H18N2S2. The summed E-state index contributed by atoms with van der Waals surface area (Å²) < 4.78 is 0. The van der Waals surface area contributed by atoms with Gasteiger partial charge in [0.2, 0.25) is 0 Å². The number of aromatic nitrogens is 1. The van der Waals surface area contributed by atoms with E-state index < -0.39 is 0 Å². The van der Waals surface area contributed by atoms with E-state index in [1.165, 1.54) is 11.1 Å². The summed E-state index contributed by atoms with van der Waals surface area (Å²) in [7, 11) is 0. The molecule has 2 nitrogen and oxygen atoms in total. The Labute approximate surface area is 117 Å². The van der Waals surface area contributed by atoms with E-state index in [-0.39, 0.29) is 6.04 Å².